The molecule has 174 valence electrons. The molecule has 0 fully saturated rings. The first-order chi connectivity index (χ1) is 15.7. The van der Waals surface area contributed by atoms with Crippen molar-refractivity contribution in [3.63, 3.8) is 0 Å². The Balaban J connectivity index is 1.82. The van der Waals surface area contributed by atoms with Gasteiger partial charge >= 0.3 is 5.97 Å². The number of carboxylic acid groups (broad SMARTS) is 1. The number of aryl methyl sites for hydroxylation is 1. The normalized spacial score (nSPS) is 14.4. The van der Waals surface area contributed by atoms with E-state index in [0.29, 0.717) is 0 Å². The molecule has 0 radical (unpaired) electrons. The van der Waals surface area contributed by atoms with Gasteiger partial charge in [0.15, 0.2) is 0 Å². The predicted molar refractivity (Wildman–Crippen MR) is 136 cm³/mol. The van der Waals surface area contributed by atoms with Gasteiger partial charge in [0.1, 0.15) is 5.92 Å². The quantitative estimate of drug-likeness (QED) is 0.285. The fourth-order valence-electron chi connectivity index (χ4n) is 5.39. The molecular weight excluding hydrogens is 392 g/mol. The summed E-state index contributed by atoms with van der Waals surface area (Å²) in [7, 11) is 0. The highest BCUT2D eigenvalue weighted by Crippen LogP contribution is 2.47. The zero-order valence-electron chi connectivity index (χ0n) is 20.3. The van der Waals surface area contributed by atoms with Gasteiger partial charge in [-0.3, -0.25) is 4.79 Å². The van der Waals surface area contributed by atoms with Crippen LogP contribution in [0.4, 0.5) is 0 Å². The number of carboxylic acids is 1. The lowest BCUT2D eigenvalue weighted by Gasteiger charge is -2.18. The monoisotopic (exact) mass is 434 g/mol. The molecule has 2 aromatic carbocycles. The van der Waals surface area contributed by atoms with Crippen LogP contribution < -0.4 is 0 Å². The highest BCUT2D eigenvalue weighted by molar-refractivity contribution is 5.93. The summed E-state index contributed by atoms with van der Waals surface area (Å²) < 4.78 is 0. The van der Waals surface area contributed by atoms with Crippen molar-refractivity contribution in [3.05, 3.63) is 58.7 Å². The molecule has 0 heterocycles. The molecule has 1 unspecified atom stereocenters. The number of hydrogen-bond donors (Lipinski definition) is 1. The lowest BCUT2D eigenvalue weighted by molar-refractivity contribution is -0.137. The van der Waals surface area contributed by atoms with Crippen molar-refractivity contribution < 1.29 is 9.90 Å². The van der Waals surface area contributed by atoms with Crippen LogP contribution in [-0.4, -0.2) is 11.1 Å². The van der Waals surface area contributed by atoms with Crippen LogP contribution in [0.3, 0.4) is 0 Å². The summed E-state index contributed by atoms with van der Waals surface area (Å²) in [4.78, 5) is 12.4. The first-order valence-electron chi connectivity index (χ1n) is 13.2. The third kappa shape index (κ3) is 6.03. The van der Waals surface area contributed by atoms with E-state index in [9.17, 15) is 9.90 Å². The Labute approximate surface area is 195 Å². The van der Waals surface area contributed by atoms with E-state index in [4.69, 9.17) is 0 Å². The first-order valence-corrected chi connectivity index (χ1v) is 13.2. The second-order valence-corrected chi connectivity index (χ2v) is 9.56. The zero-order chi connectivity index (χ0) is 22.8. The summed E-state index contributed by atoms with van der Waals surface area (Å²) in [5, 5.41) is 10.2. The van der Waals surface area contributed by atoms with Gasteiger partial charge < -0.3 is 5.11 Å². The van der Waals surface area contributed by atoms with Gasteiger partial charge in [-0.05, 0) is 59.1 Å². The van der Waals surface area contributed by atoms with Gasteiger partial charge in [0, 0.05) is 0 Å². The lowest BCUT2D eigenvalue weighted by Crippen LogP contribution is -2.13. The van der Waals surface area contributed by atoms with Gasteiger partial charge in [-0.2, -0.15) is 0 Å². The fourth-order valence-corrected chi connectivity index (χ4v) is 5.39. The maximum atomic E-state index is 12.4. The van der Waals surface area contributed by atoms with Crippen molar-refractivity contribution >= 4 is 5.97 Å². The maximum absolute atomic E-state index is 12.4. The molecule has 0 aliphatic heterocycles. The number of aliphatic carboxylic acids is 1. The van der Waals surface area contributed by atoms with Crippen LogP contribution >= 0.6 is 0 Å². The molecule has 1 atom stereocenters. The van der Waals surface area contributed by atoms with Crippen molar-refractivity contribution in [2.24, 2.45) is 0 Å². The average Bonchev–Trinajstić information content (AvgIpc) is 3.14. The smallest absolute Gasteiger partial charge is 0.315 e. The van der Waals surface area contributed by atoms with Crippen molar-refractivity contribution in [2.75, 3.05) is 0 Å². The Bertz CT molecular complexity index is 867. The van der Waals surface area contributed by atoms with E-state index in [1.54, 1.807) is 0 Å². The van der Waals surface area contributed by atoms with Gasteiger partial charge in [-0.1, -0.05) is 114 Å². The lowest BCUT2D eigenvalue weighted by atomic mass is 9.86. The van der Waals surface area contributed by atoms with E-state index >= 15 is 0 Å². The maximum Gasteiger partial charge on any atom is 0.315 e. The first kappa shape index (κ1) is 24.6. The summed E-state index contributed by atoms with van der Waals surface area (Å²) in [6.07, 6.45) is 17.4. The Morgan fingerprint density at radius 2 is 1.31 bits per heavy atom. The molecule has 2 nitrogen and oxygen atoms in total. The summed E-state index contributed by atoms with van der Waals surface area (Å²) in [6, 6.07) is 12.6. The molecule has 0 saturated carbocycles. The number of fused-ring (bicyclic) bond motifs is 3. The molecule has 0 spiro atoms. The van der Waals surface area contributed by atoms with Gasteiger partial charge in [0.05, 0.1) is 0 Å². The molecule has 1 N–H and O–H groups in total. The van der Waals surface area contributed by atoms with Crippen LogP contribution in [0.25, 0.3) is 11.1 Å². The highest BCUT2D eigenvalue weighted by Gasteiger charge is 2.36. The molecule has 0 bridgehead atoms. The molecule has 32 heavy (non-hydrogen) atoms. The molecule has 1 aliphatic rings. The Kier molecular flexibility index (Phi) is 9.84. The minimum absolute atomic E-state index is 0.513. The molecule has 0 amide bonds. The standard InChI is InChI=1S/C30H42O2/c1-3-5-7-9-11-13-17-23-21-22-27-25-19-15-16-20-26(25)29(30(31)32)28(27)24(23)18-14-12-10-8-6-4-2/h15-16,19-22,29H,3-14,17-18H2,1-2H3,(H,31,32). The van der Waals surface area contributed by atoms with Crippen molar-refractivity contribution in [3.8, 4) is 11.1 Å². The largest absolute Gasteiger partial charge is 0.481 e. The Morgan fingerprint density at radius 3 is 1.97 bits per heavy atom. The Morgan fingerprint density at radius 1 is 0.719 bits per heavy atom. The number of rotatable bonds is 15. The van der Waals surface area contributed by atoms with Gasteiger partial charge in [-0.15, -0.1) is 0 Å². The summed E-state index contributed by atoms with van der Waals surface area (Å²) in [5.41, 5.74) is 7.07. The number of hydrogen-bond acceptors (Lipinski definition) is 1. The number of carbonyl (C=O) groups is 1. The molecule has 2 heteroatoms. The van der Waals surface area contributed by atoms with Crippen LogP contribution in [0.5, 0.6) is 0 Å². The second-order valence-electron chi connectivity index (χ2n) is 9.56. The number of benzene rings is 2. The molecular formula is C30H42O2. The summed E-state index contributed by atoms with van der Waals surface area (Å²) in [5.74, 6) is -1.22. The SMILES string of the molecule is CCCCCCCCc1ccc2c(c1CCCCCCCC)C(C(=O)O)c1ccccc1-2. The van der Waals surface area contributed by atoms with E-state index in [-0.39, 0.29) is 0 Å². The molecule has 1 aliphatic carbocycles. The summed E-state index contributed by atoms with van der Waals surface area (Å²) >= 11 is 0. The Hall–Kier alpha value is -2.09. The molecule has 2 aromatic rings. The minimum Gasteiger partial charge on any atom is -0.481 e. The molecule has 0 saturated heterocycles. The van der Waals surface area contributed by atoms with E-state index in [0.717, 1.165) is 41.5 Å². The average molecular weight is 435 g/mol. The van der Waals surface area contributed by atoms with Crippen LogP contribution in [0, 0.1) is 0 Å². The third-order valence-electron chi connectivity index (χ3n) is 7.13. The van der Waals surface area contributed by atoms with Crippen LogP contribution in [0.2, 0.25) is 0 Å². The van der Waals surface area contributed by atoms with E-state index < -0.39 is 11.9 Å². The van der Waals surface area contributed by atoms with Crippen LogP contribution in [0.1, 0.15) is 119 Å². The van der Waals surface area contributed by atoms with Crippen molar-refractivity contribution in [1.82, 2.24) is 0 Å². The van der Waals surface area contributed by atoms with Gasteiger partial charge in [-0.25, -0.2) is 0 Å². The summed E-state index contributed by atoms with van der Waals surface area (Å²) in [6.45, 7) is 4.52. The third-order valence-corrected chi connectivity index (χ3v) is 7.13. The topological polar surface area (TPSA) is 37.3 Å². The van der Waals surface area contributed by atoms with Crippen LogP contribution in [-0.2, 0) is 17.6 Å². The number of unbranched alkanes of at least 4 members (excludes halogenated alkanes) is 10. The molecule has 3 rings (SSSR count). The molecule has 0 aromatic heterocycles. The van der Waals surface area contributed by atoms with E-state index in [2.05, 4.69) is 32.0 Å². The van der Waals surface area contributed by atoms with E-state index in [1.165, 1.54) is 81.8 Å². The predicted octanol–water partition coefficient (Wildman–Crippen LogP) is 8.69. The minimum atomic E-state index is -0.711. The van der Waals surface area contributed by atoms with Crippen molar-refractivity contribution in [1.29, 1.82) is 0 Å². The highest BCUT2D eigenvalue weighted by atomic mass is 16.4. The van der Waals surface area contributed by atoms with Gasteiger partial charge in [0.2, 0.25) is 0 Å². The van der Waals surface area contributed by atoms with E-state index in [1.807, 2.05) is 18.2 Å². The van der Waals surface area contributed by atoms with Crippen LogP contribution in [0.15, 0.2) is 36.4 Å². The van der Waals surface area contributed by atoms with Gasteiger partial charge in [0.25, 0.3) is 0 Å². The fraction of sp³-hybridized carbons (Fsp3) is 0.567. The zero-order valence-corrected chi connectivity index (χ0v) is 20.3. The van der Waals surface area contributed by atoms with Crippen molar-refractivity contribution in [2.45, 2.75) is 110 Å². The second kappa shape index (κ2) is 12.8.